The van der Waals surface area contributed by atoms with Crippen molar-refractivity contribution in [3.05, 3.63) is 54.1 Å². The Labute approximate surface area is 171 Å². The molecule has 4 N–H and O–H groups in total. The molecule has 0 bridgehead atoms. The van der Waals surface area contributed by atoms with Gasteiger partial charge in [-0.15, -0.1) is 0 Å². The number of rotatable bonds is 9. The monoisotopic (exact) mass is 416 g/mol. The van der Waals surface area contributed by atoms with Gasteiger partial charge in [0.25, 0.3) is 0 Å². The first-order valence-electron chi connectivity index (χ1n) is 9.76. The predicted molar refractivity (Wildman–Crippen MR) is 114 cm³/mol. The third-order valence-electron chi connectivity index (χ3n) is 5.04. The lowest BCUT2D eigenvalue weighted by Gasteiger charge is -2.27. The Morgan fingerprint density at radius 1 is 1.21 bits per heavy atom. The molecule has 0 aliphatic heterocycles. The first-order chi connectivity index (χ1) is 13.8. The molecule has 3 aromatic rings. The van der Waals surface area contributed by atoms with Gasteiger partial charge >= 0.3 is 0 Å². The lowest BCUT2D eigenvalue weighted by atomic mass is 10.0. The van der Waals surface area contributed by atoms with Crippen molar-refractivity contribution in [2.75, 3.05) is 18.0 Å². The molecule has 2 atom stereocenters. The lowest BCUT2D eigenvalue weighted by Crippen LogP contribution is -2.38. The highest BCUT2D eigenvalue weighted by atomic mass is 32.2. The molecular formula is C21H28N4O3S. The molecule has 3 rings (SSSR count). The zero-order valence-corrected chi connectivity index (χ0v) is 17.6. The van der Waals surface area contributed by atoms with E-state index in [1.807, 2.05) is 44.2 Å². The molecule has 1 unspecified atom stereocenters. The number of aromatic amines is 1. The van der Waals surface area contributed by atoms with E-state index in [-0.39, 0.29) is 35.1 Å². The maximum atomic E-state index is 12.8. The van der Waals surface area contributed by atoms with Crippen LogP contribution in [0.2, 0.25) is 0 Å². The first-order valence-corrected chi connectivity index (χ1v) is 11.4. The number of sulfone groups is 1. The van der Waals surface area contributed by atoms with Crippen molar-refractivity contribution in [1.82, 2.24) is 15.0 Å². The van der Waals surface area contributed by atoms with Crippen molar-refractivity contribution in [2.24, 2.45) is 5.92 Å². The number of imidazole rings is 1. The third kappa shape index (κ3) is 5.35. The quantitative estimate of drug-likeness (QED) is 0.462. The maximum absolute atomic E-state index is 12.8. The van der Waals surface area contributed by atoms with Gasteiger partial charge in [0.05, 0.1) is 21.7 Å². The van der Waals surface area contributed by atoms with Gasteiger partial charge in [-0.2, -0.15) is 5.06 Å². The van der Waals surface area contributed by atoms with Crippen LogP contribution in [0.5, 0.6) is 0 Å². The first kappa shape index (κ1) is 21.3. The standard InChI is InChI=1S/C21H28N4O3S/c1-3-17(11-16-7-5-4-6-8-16)25(26)13-15(2)14-29(27,28)18-9-10-19-20(12-18)24-21(22)23-19/h4-10,12,15,17,26H,3,11,13-14H2,1-2H3,(H3,22,23,24)/t15-,17?/m1/s1. The van der Waals surface area contributed by atoms with Crippen LogP contribution in [0, 0.1) is 5.92 Å². The highest BCUT2D eigenvalue weighted by molar-refractivity contribution is 7.91. The molecule has 0 aliphatic rings. The van der Waals surface area contributed by atoms with Crippen LogP contribution >= 0.6 is 0 Å². The van der Waals surface area contributed by atoms with Crippen molar-refractivity contribution in [2.45, 2.75) is 37.6 Å². The Hall–Kier alpha value is -2.42. The summed E-state index contributed by atoms with van der Waals surface area (Å²) in [6.07, 6.45) is 1.48. The average molecular weight is 417 g/mol. The largest absolute Gasteiger partial charge is 0.369 e. The molecule has 0 amide bonds. The summed E-state index contributed by atoms with van der Waals surface area (Å²) in [5.41, 5.74) is 8.00. The Morgan fingerprint density at radius 3 is 2.62 bits per heavy atom. The van der Waals surface area contributed by atoms with Crippen LogP contribution in [0.15, 0.2) is 53.4 Å². The van der Waals surface area contributed by atoms with E-state index in [4.69, 9.17) is 5.73 Å². The SMILES string of the molecule is CCC(Cc1ccccc1)N(O)C[C@@H](C)CS(=O)(=O)c1ccc2nc(N)[nH]c2c1. The number of anilines is 1. The van der Waals surface area contributed by atoms with Crippen LogP contribution in [0.3, 0.4) is 0 Å². The van der Waals surface area contributed by atoms with Gasteiger partial charge in [-0.3, -0.25) is 0 Å². The van der Waals surface area contributed by atoms with Crippen LogP contribution in [0.1, 0.15) is 25.8 Å². The van der Waals surface area contributed by atoms with Crippen LogP contribution < -0.4 is 5.73 Å². The Morgan fingerprint density at radius 2 is 1.93 bits per heavy atom. The zero-order valence-electron chi connectivity index (χ0n) is 16.7. The Balaban J connectivity index is 1.65. The fourth-order valence-corrected chi connectivity index (χ4v) is 5.16. The second-order valence-corrected chi connectivity index (χ2v) is 9.60. The number of nitrogens with one attached hydrogen (secondary N) is 1. The van der Waals surface area contributed by atoms with E-state index in [1.54, 1.807) is 18.2 Å². The summed E-state index contributed by atoms with van der Waals surface area (Å²) in [6.45, 7) is 4.14. The average Bonchev–Trinajstić information content (AvgIpc) is 3.05. The zero-order chi connectivity index (χ0) is 21.0. The molecule has 8 heteroatoms. The molecule has 0 saturated carbocycles. The number of nitrogens with zero attached hydrogens (tertiary/aromatic N) is 2. The van der Waals surface area contributed by atoms with Crippen molar-refractivity contribution in [3.8, 4) is 0 Å². The summed E-state index contributed by atoms with van der Waals surface area (Å²) in [7, 11) is -3.51. The number of H-pyrrole nitrogens is 1. The fourth-order valence-electron chi connectivity index (χ4n) is 3.54. The number of aromatic nitrogens is 2. The van der Waals surface area contributed by atoms with Gasteiger partial charge in [-0.05, 0) is 42.5 Å². The molecule has 0 fully saturated rings. The molecule has 1 heterocycles. The van der Waals surface area contributed by atoms with Gasteiger partial charge < -0.3 is 15.9 Å². The molecule has 29 heavy (non-hydrogen) atoms. The number of hydrogen-bond acceptors (Lipinski definition) is 6. The lowest BCUT2D eigenvalue weighted by molar-refractivity contribution is -0.134. The summed E-state index contributed by atoms with van der Waals surface area (Å²) < 4.78 is 25.7. The summed E-state index contributed by atoms with van der Waals surface area (Å²) >= 11 is 0. The van der Waals surface area contributed by atoms with E-state index < -0.39 is 9.84 Å². The van der Waals surface area contributed by atoms with Crippen molar-refractivity contribution < 1.29 is 13.6 Å². The van der Waals surface area contributed by atoms with Crippen LogP contribution in [0.4, 0.5) is 5.95 Å². The Bertz CT molecular complexity index is 1050. The van der Waals surface area contributed by atoms with Crippen LogP contribution in [0.25, 0.3) is 11.0 Å². The van der Waals surface area contributed by atoms with E-state index >= 15 is 0 Å². The van der Waals surface area contributed by atoms with Gasteiger partial charge in [0, 0.05) is 12.6 Å². The summed E-state index contributed by atoms with van der Waals surface area (Å²) in [4.78, 5) is 7.17. The van der Waals surface area contributed by atoms with Crippen LogP contribution in [-0.2, 0) is 16.3 Å². The molecule has 2 aromatic carbocycles. The molecular weight excluding hydrogens is 388 g/mol. The number of hydroxylamine groups is 2. The smallest absolute Gasteiger partial charge is 0.198 e. The van der Waals surface area contributed by atoms with Crippen LogP contribution in [-0.4, -0.2) is 47.0 Å². The number of hydrogen-bond donors (Lipinski definition) is 3. The van der Waals surface area contributed by atoms with Gasteiger partial charge in [0.2, 0.25) is 0 Å². The fraction of sp³-hybridized carbons (Fsp3) is 0.381. The highest BCUT2D eigenvalue weighted by Crippen LogP contribution is 2.21. The summed E-state index contributed by atoms with van der Waals surface area (Å²) in [6, 6.07) is 14.7. The molecule has 7 nitrogen and oxygen atoms in total. The van der Waals surface area contributed by atoms with E-state index in [2.05, 4.69) is 9.97 Å². The van der Waals surface area contributed by atoms with E-state index in [9.17, 15) is 13.6 Å². The third-order valence-corrected chi connectivity index (χ3v) is 7.02. The number of nitrogen functional groups attached to an aromatic ring is 1. The molecule has 0 spiro atoms. The predicted octanol–water partition coefficient (Wildman–Crippen LogP) is 3.27. The maximum Gasteiger partial charge on any atom is 0.198 e. The van der Waals surface area contributed by atoms with E-state index in [1.165, 1.54) is 5.06 Å². The minimum Gasteiger partial charge on any atom is -0.369 e. The summed E-state index contributed by atoms with van der Waals surface area (Å²) in [5, 5.41) is 11.8. The molecule has 0 saturated heterocycles. The second kappa shape index (κ2) is 8.94. The molecule has 1 aromatic heterocycles. The highest BCUT2D eigenvalue weighted by Gasteiger charge is 2.23. The van der Waals surface area contributed by atoms with Crippen molar-refractivity contribution in [3.63, 3.8) is 0 Å². The van der Waals surface area contributed by atoms with Gasteiger partial charge in [-0.25, -0.2) is 13.4 Å². The van der Waals surface area contributed by atoms with E-state index in [0.29, 0.717) is 17.5 Å². The number of nitrogens with two attached hydrogens (primary N) is 1. The number of fused-ring (bicyclic) bond motifs is 1. The second-order valence-electron chi connectivity index (χ2n) is 7.56. The topological polar surface area (TPSA) is 112 Å². The minimum atomic E-state index is -3.51. The van der Waals surface area contributed by atoms with Crippen molar-refractivity contribution in [1.29, 1.82) is 0 Å². The number of benzene rings is 2. The molecule has 0 aliphatic carbocycles. The Kier molecular flexibility index (Phi) is 6.56. The van der Waals surface area contributed by atoms with Gasteiger partial charge in [0.15, 0.2) is 15.8 Å². The normalized spacial score (nSPS) is 14.3. The van der Waals surface area contributed by atoms with Gasteiger partial charge in [-0.1, -0.05) is 44.2 Å². The minimum absolute atomic E-state index is 0.0546. The summed E-state index contributed by atoms with van der Waals surface area (Å²) in [5.74, 6) is -0.0405. The molecule has 0 radical (unpaired) electrons. The molecule has 156 valence electrons. The van der Waals surface area contributed by atoms with Crippen molar-refractivity contribution >= 4 is 26.8 Å². The van der Waals surface area contributed by atoms with E-state index in [0.717, 1.165) is 12.0 Å². The van der Waals surface area contributed by atoms with Gasteiger partial charge in [0.1, 0.15) is 0 Å².